The summed E-state index contributed by atoms with van der Waals surface area (Å²) in [6.45, 7) is 2.04. The Hall–Kier alpha value is -3.66. The van der Waals surface area contributed by atoms with Crippen LogP contribution in [0.4, 0.5) is 0 Å². The van der Waals surface area contributed by atoms with Crippen molar-refractivity contribution < 1.29 is 14.4 Å². The van der Waals surface area contributed by atoms with Crippen molar-refractivity contribution in [2.75, 3.05) is 0 Å². The Morgan fingerprint density at radius 2 is 1.57 bits per heavy atom. The molecule has 176 valence electrons. The Balaban J connectivity index is 1.21. The van der Waals surface area contributed by atoms with Gasteiger partial charge in [0.25, 0.3) is 0 Å². The molecule has 6 rings (SSSR count). The molecule has 4 nitrogen and oxygen atoms in total. The van der Waals surface area contributed by atoms with E-state index in [9.17, 15) is 9.90 Å². The minimum absolute atomic E-state index is 0.597. The molecule has 2 aliphatic carbocycles. The molecule has 1 N–H and O–H groups in total. The monoisotopic (exact) mass is 463 g/mol. The topological polar surface area (TPSA) is 63.3 Å². The Bertz CT molecular complexity index is 1380. The molecule has 4 aromatic rings. The van der Waals surface area contributed by atoms with E-state index in [0.29, 0.717) is 5.92 Å². The molecule has 0 amide bonds. The third kappa shape index (κ3) is 3.97. The van der Waals surface area contributed by atoms with Gasteiger partial charge in [0.2, 0.25) is 0 Å². The fraction of sp³-hybridized carbons (Fsp3) is 0.290. The maximum Gasteiger partial charge on any atom is 0.314 e. The lowest BCUT2D eigenvalue weighted by Crippen LogP contribution is -2.19. The minimum Gasteiger partial charge on any atom is -0.481 e. The van der Waals surface area contributed by atoms with Crippen LogP contribution in [0.2, 0.25) is 0 Å². The molecule has 1 fully saturated rings. The van der Waals surface area contributed by atoms with Crippen molar-refractivity contribution >= 4 is 5.97 Å². The van der Waals surface area contributed by atoms with Crippen LogP contribution < -0.4 is 0 Å². The highest BCUT2D eigenvalue weighted by atomic mass is 16.5. The molecular weight excluding hydrogens is 434 g/mol. The van der Waals surface area contributed by atoms with Crippen LogP contribution in [-0.2, 0) is 29.5 Å². The van der Waals surface area contributed by atoms with Gasteiger partial charge in [-0.2, -0.15) is 0 Å². The highest BCUT2D eigenvalue weighted by Crippen LogP contribution is 2.48. The fourth-order valence-electron chi connectivity index (χ4n) is 5.64. The van der Waals surface area contributed by atoms with Crippen LogP contribution in [-0.4, -0.2) is 16.2 Å². The summed E-state index contributed by atoms with van der Waals surface area (Å²) in [6, 6.07) is 25.2. The van der Waals surface area contributed by atoms with Crippen LogP contribution in [0.15, 0.2) is 77.3 Å². The number of carbonyl (C=O) groups is 1. The number of rotatable bonds is 6. The van der Waals surface area contributed by atoms with Crippen molar-refractivity contribution in [2.45, 2.75) is 50.9 Å². The smallest absolute Gasteiger partial charge is 0.314 e. The largest absolute Gasteiger partial charge is 0.481 e. The number of aliphatic carboxylic acids is 1. The van der Waals surface area contributed by atoms with Crippen LogP contribution in [0.1, 0.15) is 47.2 Å². The molecule has 0 saturated heterocycles. The molecule has 3 aromatic carbocycles. The van der Waals surface area contributed by atoms with E-state index in [1.165, 1.54) is 23.1 Å². The summed E-state index contributed by atoms with van der Waals surface area (Å²) in [5.74, 6) is 0.755. The molecular formula is C31H29NO3. The lowest BCUT2D eigenvalue weighted by molar-refractivity contribution is -0.140. The van der Waals surface area contributed by atoms with Crippen molar-refractivity contribution in [3.63, 3.8) is 0 Å². The van der Waals surface area contributed by atoms with E-state index in [-0.39, 0.29) is 0 Å². The standard InChI is InChI=1S/C31H29NO3/c1-20-28(19-21-6-7-22-4-2-3-5-26(22)18-21)29(35-32-20)25-10-8-23(9-11-25)24-12-14-27(15-13-24)31(16-17-31)30(33)34/h2-5,8-15,21H,6-7,16-19H2,1H3,(H,33,34). The molecule has 0 aliphatic heterocycles. The van der Waals surface area contributed by atoms with Gasteiger partial charge in [0.15, 0.2) is 5.76 Å². The molecule has 1 heterocycles. The second-order valence-corrected chi connectivity index (χ2v) is 10.2. The van der Waals surface area contributed by atoms with Crippen LogP contribution >= 0.6 is 0 Å². The van der Waals surface area contributed by atoms with Gasteiger partial charge in [-0.15, -0.1) is 0 Å². The highest BCUT2D eigenvalue weighted by molar-refractivity contribution is 5.85. The lowest BCUT2D eigenvalue weighted by atomic mass is 9.80. The van der Waals surface area contributed by atoms with Gasteiger partial charge in [0.05, 0.1) is 11.1 Å². The average Bonchev–Trinajstić information content (AvgIpc) is 3.64. The SMILES string of the molecule is Cc1noc(-c2ccc(-c3ccc(C4(C(=O)O)CC4)cc3)cc2)c1CC1CCc2ccccc2C1. The highest BCUT2D eigenvalue weighted by Gasteiger charge is 2.51. The van der Waals surface area contributed by atoms with Gasteiger partial charge in [0, 0.05) is 11.1 Å². The number of hydrogen-bond donors (Lipinski definition) is 1. The van der Waals surface area contributed by atoms with E-state index < -0.39 is 11.4 Å². The molecule has 1 atom stereocenters. The quantitative estimate of drug-likeness (QED) is 0.342. The van der Waals surface area contributed by atoms with Gasteiger partial charge < -0.3 is 9.63 Å². The second kappa shape index (κ2) is 8.53. The number of aryl methyl sites for hydroxylation is 2. The van der Waals surface area contributed by atoms with Gasteiger partial charge in [-0.1, -0.05) is 78.0 Å². The van der Waals surface area contributed by atoms with Gasteiger partial charge in [-0.25, -0.2) is 0 Å². The molecule has 0 bridgehead atoms. The summed E-state index contributed by atoms with van der Waals surface area (Å²) in [4.78, 5) is 11.6. The predicted molar refractivity (Wildman–Crippen MR) is 136 cm³/mol. The van der Waals surface area contributed by atoms with E-state index >= 15 is 0 Å². The van der Waals surface area contributed by atoms with Crippen molar-refractivity contribution in [3.8, 4) is 22.5 Å². The van der Waals surface area contributed by atoms with Crippen molar-refractivity contribution in [3.05, 3.63) is 101 Å². The summed E-state index contributed by atoms with van der Waals surface area (Å²) in [6.07, 6.45) is 5.87. The number of benzene rings is 3. The van der Waals surface area contributed by atoms with Crippen molar-refractivity contribution in [1.29, 1.82) is 0 Å². The van der Waals surface area contributed by atoms with E-state index in [1.54, 1.807) is 0 Å². The summed E-state index contributed by atoms with van der Waals surface area (Å²) in [7, 11) is 0. The third-order valence-corrected chi connectivity index (χ3v) is 8.00. The number of carboxylic acid groups (broad SMARTS) is 1. The van der Waals surface area contributed by atoms with Crippen LogP contribution in [0.5, 0.6) is 0 Å². The van der Waals surface area contributed by atoms with E-state index in [4.69, 9.17) is 4.52 Å². The first-order valence-corrected chi connectivity index (χ1v) is 12.5. The van der Waals surface area contributed by atoms with Gasteiger partial charge in [0.1, 0.15) is 0 Å². The molecule has 1 saturated carbocycles. The number of carboxylic acids is 1. The Morgan fingerprint density at radius 1 is 0.943 bits per heavy atom. The third-order valence-electron chi connectivity index (χ3n) is 8.00. The van der Waals surface area contributed by atoms with E-state index in [0.717, 1.165) is 65.8 Å². The van der Waals surface area contributed by atoms with Gasteiger partial charge >= 0.3 is 5.97 Å². The molecule has 1 aromatic heterocycles. The summed E-state index contributed by atoms with van der Waals surface area (Å²) in [5, 5.41) is 13.9. The van der Waals surface area contributed by atoms with Crippen molar-refractivity contribution in [2.24, 2.45) is 5.92 Å². The maximum atomic E-state index is 11.6. The second-order valence-electron chi connectivity index (χ2n) is 10.2. The van der Waals surface area contributed by atoms with Crippen molar-refractivity contribution in [1.82, 2.24) is 5.16 Å². The zero-order chi connectivity index (χ0) is 24.0. The van der Waals surface area contributed by atoms with Crippen LogP contribution in [0.3, 0.4) is 0 Å². The zero-order valence-corrected chi connectivity index (χ0v) is 20.0. The number of aromatic nitrogens is 1. The molecule has 0 radical (unpaired) electrons. The fourth-order valence-corrected chi connectivity index (χ4v) is 5.64. The molecule has 4 heteroatoms. The Morgan fingerprint density at radius 3 is 2.23 bits per heavy atom. The predicted octanol–water partition coefficient (Wildman–Crippen LogP) is 6.78. The van der Waals surface area contributed by atoms with Gasteiger partial charge in [-0.05, 0) is 79.2 Å². The lowest BCUT2D eigenvalue weighted by Gasteiger charge is -2.24. The zero-order valence-electron chi connectivity index (χ0n) is 20.0. The molecule has 35 heavy (non-hydrogen) atoms. The Kier molecular flexibility index (Phi) is 5.32. The average molecular weight is 464 g/mol. The number of fused-ring (bicyclic) bond motifs is 1. The van der Waals surface area contributed by atoms with Crippen LogP contribution in [0, 0.1) is 12.8 Å². The first-order valence-electron chi connectivity index (χ1n) is 12.5. The molecule has 2 aliphatic rings. The first-order chi connectivity index (χ1) is 17.0. The van der Waals surface area contributed by atoms with E-state index in [1.807, 2.05) is 31.2 Å². The van der Waals surface area contributed by atoms with Crippen LogP contribution in [0.25, 0.3) is 22.5 Å². The van der Waals surface area contributed by atoms with E-state index in [2.05, 4.69) is 53.7 Å². The number of hydrogen-bond acceptors (Lipinski definition) is 3. The summed E-state index contributed by atoms with van der Waals surface area (Å²) in [5.41, 5.74) is 8.62. The normalized spacial score (nSPS) is 18.1. The summed E-state index contributed by atoms with van der Waals surface area (Å²) >= 11 is 0. The first kappa shape index (κ1) is 21.8. The van der Waals surface area contributed by atoms with Gasteiger partial charge in [-0.3, -0.25) is 4.79 Å². The maximum absolute atomic E-state index is 11.6. The Labute approximate surface area is 205 Å². The molecule has 1 unspecified atom stereocenters. The number of nitrogens with zero attached hydrogens (tertiary/aromatic N) is 1. The minimum atomic E-state index is -0.717. The molecule has 0 spiro atoms. The summed E-state index contributed by atoms with van der Waals surface area (Å²) < 4.78 is 5.82.